The second-order valence-electron chi connectivity index (χ2n) is 6.86. The standard InChI is InChI=1S/C16H23N5O2/c1-16(2,3)23-15(22)17-12-7-6-9-20(11-12)14-19-18-13-8-4-5-10-21(13)14/h4-5,8,10,12H,6-7,9,11H2,1-3H3,(H,17,22)/t12-/m1/s1. The summed E-state index contributed by atoms with van der Waals surface area (Å²) in [5, 5.41) is 11.4. The molecule has 1 atom stereocenters. The van der Waals surface area contributed by atoms with Gasteiger partial charge in [0.1, 0.15) is 5.60 Å². The van der Waals surface area contributed by atoms with Crippen molar-refractivity contribution in [1.82, 2.24) is 19.9 Å². The highest BCUT2D eigenvalue weighted by Crippen LogP contribution is 2.19. The summed E-state index contributed by atoms with van der Waals surface area (Å²) in [6.07, 6.45) is 3.51. The molecule has 0 radical (unpaired) electrons. The van der Waals surface area contributed by atoms with Gasteiger partial charge in [-0.05, 0) is 45.7 Å². The van der Waals surface area contributed by atoms with Crippen LogP contribution in [0.15, 0.2) is 24.4 Å². The first-order valence-electron chi connectivity index (χ1n) is 7.96. The Kier molecular flexibility index (Phi) is 4.11. The number of anilines is 1. The minimum absolute atomic E-state index is 0.0506. The van der Waals surface area contributed by atoms with E-state index in [1.54, 1.807) is 0 Å². The van der Waals surface area contributed by atoms with E-state index in [4.69, 9.17) is 4.74 Å². The van der Waals surface area contributed by atoms with Crippen LogP contribution < -0.4 is 10.2 Å². The number of fused-ring (bicyclic) bond motifs is 1. The molecule has 1 saturated heterocycles. The highest BCUT2D eigenvalue weighted by Gasteiger charge is 2.26. The van der Waals surface area contributed by atoms with E-state index >= 15 is 0 Å². The Morgan fingerprint density at radius 1 is 1.35 bits per heavy atom. The number of hydrogen-bond acceptors (Lipinski definition) is 5. The number of rotatable bonds is 2. The number of nitrogens with zero attached hydrogens (tertiary/aromatic N) is 4. The Balaban J connectivity index is 1.68. The van der Waals surface area contributed by atoms with Crippen molar-refractivity contribution in [3.63, 3.8) is 0 Å². The number of pyridine rings is 1. The number of carbonyl (C=O) groups is 1. The van der Waals surface area contributed by atoms with Gasteiger partial charge in [-0.2, -0.15) is 0 Å². The van der Waals surface area contributed by atoms with Crippen LogP contribution in [-0.2, 0) is 4.74 Å². The number of nitrogens with one attached hydrogen (secondary N) is 1. The molecule has 23 heavy (non-hydrogen) atoms. The lowest BCUT2D eigenvalue weighted by Gasteiger charge is -2.33. The van der Waals surface area contributed by atoms with Crippen molar-refractivity contribution >= 4 is 17.7 Å². The van der Waals surface area contributed by atoms with E-state index in [0.29, 0.717) is 6.54 Å². The van der Waals surface area contributed by atoms with E-state index in [1.165, 1.54) is 0 Å². The van der Waals surface area contributed by atoms with Gasteiger partial charge in [0.25, 0.3) is 0 Å². The van der Waals surface area contributed by atoms with Gasteiger partial charge in [-0.15, -0.1) is 10.2 Å². The van der Waals surface area contributed by atoms with Gasteiger partial charge < -0.3 is 15.0 Å². The van der Waals surface area contributed by atoms with Gasteiger partial charge in [-0.1, -0.05) is 6.07 Å². The van der Waals surface area contributed by atoms with E-state index in [0.717, 1.165) is 31.0 Å². The van der Waals surface area contributed by atoms with Gasteiger partial charge in [0.05, 0.1) is 0 Å². The fraction of sp³-hybridized carbons (Fsp3) is 0.562. The molecule has 1 aliphatic heterocycles. The van der Waals surface area contributed by atoms with Crippen LogP contribution in [0.5, 0.6) is 0 Å². The van der Waals surface area contributed by atoms with Gasteiger partial charge in [-0.3, -0.25) is 4.40 Å². The van der Waals surface area contributed by atoms with Gasteiger partial charge in [0, 0.05) is 25.3 Å². The maximum absolute atomic E-state index is 11.9. The van der Waals surface area contributed by atoms with Gasteiger partial charge >= 0.3 is 6.09 Å². The Hall–Kier alpha value is -2.31. The molecule has 1 N–H and O–H groups in total. The fourth-order valence-electron chi connectivity index (χ4n) is 2.80. The second kappa shape index (κ2) is 6.06. The van der Waals surface area contributed by atoms with Gasteiger partial charge in [0.2, 0.25) is 5.95 Å². The summed E-state index contributed by atoms with van der Waals surface area (Å²) in [5.74, 6) is 0.816. The molecule has 1 amide bonds. The minimum atomic E-state index is -0.484. The molecule has 0 bridgehead atoms. The molecule has 1 aliphatic rings. The summed E-state index contributed by atoms with van der Waals surface area (Å²) in [5.41, 5.74) is 0.339. The Morgan fingerprint density at radius 3 is 2.96 bits per heavy atom. The summed E-state index contributed by atoms with van der Waals surface area (Å²) in [7, 11) is 0. The number of hydrogen-bond donors (Lipinski definition) is 1. The molecule has 124 valence electrons. The number of aromatic nitrogens is 3. The van der Waals surface area contributed by atoms with Crippen LogP contribution in [0.25, 0.3) is 5.65 Å². The zero-order valence-electron chi connectivity index (χ0n) is 13.8. The lowest BCUT2D eigenvalue weighted by Crippen LogP contribution is -2.49. The van der Waals surface area contributed by atoms with Crippen molar-refractivity contribution in [3.8, 4) is 0 Å². The highest BCUT2D eigenvalue weighted by molar-refractivity contribution is 5.68. The maximum atomic E-state index is 11.9. The molecule has 0 unspecified atom stereocenters. The predicted octanol–water partition coefficient (Wildman–Crippen LogP) is 2.22. The summed E-state index contributed by atoms with van der Waals surface area (Å²) < 4.78 is 7.30. The number of piperidine rings is 1. The van der Waals surface area contributed by atoms with Crippen LogP contribution in [0, 0.1) is 0 Å². The molecule has 0 spiro atoms. The van der Waals surface area contributed by atoms with Crippen LogP contribution in [0.3, 0.4) is 0 Å². The SMILES string of the molecule is CC(C)(C)OC(=O)N[C@@H]1CCCN(c2nnc3ccccn23)C1. The van der Waals surface area contributed by atoms with Crippen LogP contribution in [-0.4, -0.2) is 45.4 Å². The first-order valence-corrected chi connectivity index (χ1v) is 7.96. The van der Waals surface area contributed by atoms with Crippen LogP contribution >= 0.6 is 0 Å². The van der Waals surface area contributed by atoms with E-state index in [9.17, 15) is 4.79 Å². The van der Waals surface area contributed by atoms with Crippen molar-refractivity contribution in [2.45, 2.75) is 45.3 Å². The maximum Gasteiger partial charge on any atom is 0.407 e. The molecule has 2 aromatic rings. The van der Waals surface area contributed by atoms with Gasteiger partial charge in [0.15, 0.2) is 5.65 Å². The van der Waals surface area contributed by atoms with Crippen molar-refractivity contribution in [2.75, 3.05) is 18.0 Å². The third-order valence-corrected chi connectivity index (χ3v) is 3.72. The first-order chi connectivity index (χ1) is 10.9. The second-order valence-corrected chi connectivity index (χ2v) is 6.86. The average molecular weight is 317 g/mol. The molecule has 7 heteroatoms. The smallest absolute Gasteiger partial charge is 0.407 e. The van der Waals surface area contributed by atoms with E-state index in [-0.39, 0.29) is 12.1 Å². The third kappa shape index (κ3) is 3.72. The van der Waals surface area contributed by atoms with Crippen molar-refractivity contribution < 1.29 is 9.53 Å². The molecule has 0 aromatic carbocycles. The molecular formula is C16H23N5O2. The van der Waals surface area contributed by atoms with Crippen LogP contribution in [0.4, 0.5) is 10.7 Å². The molecule has 1 fully saturated rings. The molecule has 3 heterocycles. The summed E-state index contributed by atoms with van der Waals surface area (Å²) in [6.45, 7) is 7.20. The molecule has 2 aromatic heterocycles. The quantitative estimate of drug-likeness (QED) is 0.919. The summed E-state index contributed by atoms with van der Waals surface area (Å²) in [6, 6.07) is 5.88. The van der Waals surface area contributed by atoms with E-state index in [2.05, 4.69) is 20.4 Å². The third-order valence-electron chi connectivity index (χ3n) is 3.72. The fourth-order valence-corrected chi connectivity index (χ4v) is 2.80. The Labute approximate surface area is 135 Å². The number of carbonyl (C=O) groups excluding carboxylic acids is 1. The lowest BCUT2D eigenvalue weighted by atomic mass is 10.1. The van der Waals surface area contributed by atoms with E-state index < -0.39 is 5.60 Å². The molecular weight excluding hydrogens is 294 g/mol. The lowest BCUT2D eigenvalue weighted by molar-refractivity contribution is 0.0500. The largest absolute Gasteiger partial charge is 0.444 e. The zero-order chi connectivity index (χ0) is 16.4. The number of ether oxygens (including phenoxy) is 1. The number of amides is 1. The van der Waals surface area contributed by atoms with Crippen LogP contribution in [0.2, 0.25) is 0 Å². The summed E-state index contributed by atoms with van der Waals surface area (Å²) >= 11 is 0. The predicted molar refractivity (Wildman–Crippen MR) is 87.6 cm³/mol. The number of alkyl carbamates (subject to hydrolysis) is 1. The van der Waals surface area contributed by atoms with Crippen LogP contribution in [0.1, 0.15) is 33.6 Å². The average Bonchev–Trinajstić information content (AvgIpc) is 2.89. The highest BCUT2D eigenvalue weighted by atomic mass is 16.6. The van der Waals surface area contributed by atoms with E-state index in [1.807, 2.05) is 49.6 Å². The van der Waals surface area contributed by atoms with Gasteiger partial charge in [-0.25, -0.2) is 4.79 Å². The molecule has 0 saturated carbocycles. The summed E-state index contributed by atoms with van der Waals surface area (Å²) in [4.78, 5) is 14.1. The Bertz CT molecular complexity index is 691. The van der Waals surface area contributed by atoms with Crippen molar-refractivity contribution in [3.05, 3.63) is 24.4 Å². The van der Waals surface area contributed by atoms with Crippen molar-refractivity contribution in [1.29, 1.82) is 0 Å². The topological polar surface area (TPSA) is 71.8 Å². The minimum Gasteiger partial charge on any atom is -0.444 e. The van der Waals surface area contributed by atoms with Crippen molar-refractivity contribution in [2.24, 2.45) is 0 Å². The zero-order valence-corrected chi connectivity index (χ0v) is 13.8. The molecule has 7 nitrogen and oxygen atoms in total. The monoisotopic (exact) mass is 317 g/mol. The molecule has 3 rings (SSSR count). The molecule has 0 aliphatic carbocycles. The Morgan fingerprint density at radius 2 is 2.17 bits per heavy atom. The normalized spacial score (nSPS) is 18.9. The first kappa shape index (κ1) is 15.6.